The number of aromatic hydroxyl groups is 1. The van der Waals surface area contributed by atoms with Gasteiger partial charge >= 0.3 is 0 Å². The summed E-state index contributed by atoms with van der Waals surface area (Å²) in [4.78, 5) is 4.26. The third-order valence-corrected chi connectivity index (χ3v) is 2.61. The van der Waals surface area contributed by atoms with Crippen LogP contribution in [0, 0.1) is 0 Å². The van der Waals surface area contributed by atoms with Gasteiger partial charge in [0.05, 0.1) is 11.3 Å². The van der Waals surface area contributed by atoms with Crippen LogP contribution in [0.4, 0.5) is 0 Å². The van der Waals surface area contributed by atoms with Crippen molar-refractivity contribution in [1.29, 1.82) is 0 Å². The highest BCUT2D eigenvalue weighted by molar-refractivity contribution is 5.65. The van der Waals surface area contributed by atoms with E-state index in [2.05, 4.69) is 15.5 Å². The molecule has 0 amide bonds. The number of rotatable bonds is 2. The number of nitrogens with zero attached hydrogens (tertiary/aromatic N) is 2. The Labute approximate surface area is 103 Å². The van der Waals surface area contributed by atoms with Crippen LogP contribution in [0.5, 0.6) is 5.75 Å². The van der Waals surface area contributed by atoms with Crippen LogP contribution in [0.25, 0.3) is 17.2 Å². The summed E-state index contributed by atoms with van der Waals surface area (Å²) < 4.78 is 5.16. The van der Waals surface area contributed by atoms with E-state index in [9.17, 15) is 5.11 Å². The van der Waals surface area contributed by atoms with Gasteiger partial charge in [-0.3, -0.25) is 0 Å². The monoisotopic (exact) mass is 241 g/mol. The zero-order chi connectivity index (χ0) is 12.4. The summed E-state index contributed by atoms with van der Waals surface area (Å²) in [6.07, 6.45) is 5.80. The molecule has 5 nitrogen and oxygen atoms in total. The van der Waals surface area contributed by atoms with Crippen molar-refractivity contribution in [3.8, 4) is 17.2 Å². The molecule has 1 aliphatic heterocycles. The van der Waals surface area contributed by atoms with E-state index in [1.807, 2.05) is 18.2 Å². The molecule has 5 heteroatoms. The lowest BCUT2D eigenvalue weighted by atomic mass is 10.2. The molecular formula is C13H11N3O2. The average molecular weight is 241 g/mol. The first-order valence-corrected chi connectivity index (χ1v) is 5.58. The van der Waals surface area contributed by atoms with E-state index in [4.69, 9.17) is 4.52 Å². The van der Waals surface area contributed by atoms with E-state index in [1.165, 1.54) is 0 Å². The van der Waals surface area contributed by atoms with Gasteiger partial charge in [-0.1, -0.05) is 29.4 Å². The smallest absolute Gasteiger partial charge is 0.262 e. The maximum atomic E-state index is 9.71. The molecule has 0 atom stereocenters. The summed E-state index contributed by atoms with van der Waals surface area (Å²) in [7, 11) is 0. The minimum absolute atomic E-state index is 0.123. The molecule has 18 heavy (non-hydrogen) atoms. The van der Waals surface area contributed by atoms with Crippen molar-refractivity contribution in [2.75, 3.05) is 6.54 Å². The lowest BCUT2D eigenvalue weighted by Gasteiger charge is -2.06. The lowest BCUT2D eigenvalue weighted by Crippen LogP contribution is -2.15. The minimum Gasteiger partial charge on any atom is -0.507 e. The van der Waals surface area contributed by atoms with Crippen molar-refractivity contribution in [3.05, 3.63) is 48.3 Å². The van der Waals surface area contributed by atoms with Gasteiger partial charge in [-0.2, -0.15) is 4.98 Å². The van der Waals surface area contributed by atoms with E-state index >= 15 is 0 Å². The van der Waals surface area contributed by atoms with Gasteiger partial charge in [0, 0.05) is 6.54 Å². The third-order valence-electron chi connectivity index (χ3n) is 2.61. The first kappa shape index (κ1) is 10.6. The van der Waals surface area contributed by atoms with Gasteiger partial charge in [0.25, 0.3) is 5.89 Å². The zero-order valence-electron chi connectivity index (χ0n) is 9.50. The Balaban J connectivity index is 1.97. The fourth-order valence-electron chi connectivity index (χ4n) is 1.71. The number of hydrogen-bond acceptors (Lipinski definition) is 5. The van der Waals surface area contributed by atoms with Crippen molar-refractivity contribution < 1.29 is 9.63 Å². The molecule has 0 spiro atoms. The fourth-order valence-corrected chi connectivity index (χ4v) is 1.71. The number of benzene rings is 1. The predicted octanol–water partition coefficient (Wildman–Crippen LogP) is 1.94. The van der Waals surface area contributed by atoms with Gasteiger partial charge in [0.15, 0.2) is 0 Å². The second-order valence-corrected chi connectivity index (χ2v) is 3.83. The molecule has 1 aromatic heterocycles. The largest absolute Gasteiger partial charge is 0.507 e. The van der Waals surface area contributed by atoms with Gasteiger partial charge in [-0.25, -0.2) is 0 Å². The number of dihydropyridines is 1. The number of para-hydroxylation sites is 1. The molecule has 3 rings (SSSR count). The average Bonchev–Trinajstić information content (AvgIpc) is 2.90. The number of phenols is 1. The normalized spacial score (nSPS) is 14.1. The van der Waals surface area contributed by atoms with E-state index < -0.39 is 0 Å². The molecule has 0 radical (unpaired) electrons. The van der Waals surface area contributed by atoms with E-state index in [-0.39, 0.29) is 5.75 Å². The Morgan fingerprint density at radius 3 is 2.94 bits per heavy atom. The van der Waals surface area contributed by atoms with Gasteiger partial charge in [0.2, 0.25) is 5.82 Å². The summed E-state index contributed by atoms with van der Waals surface area (Å²) in [6.45, 7) is 0.742. The SMILES string of the molecule is Oc1ccccc1-c1nc(C2=CC=CCN2)no1. The molecule has 0 saturated carbocycles. The molecule has 1 aliphatic rings. The van der Waals surface area contributed by atoms with Crippen LogP contribution in [-0.4, -0.2) is 21.8 Å². The van der Waals surface area contributed by atoms with Crippen molar-refractivity contribution >= 4 is 5.70 Å². The number of allylic oxidation sites excluding steroid dienone is 2. The topological polar surface area (TPSA) is 71.2 Å². The highest BCUT2D eigenvalue weighted by Crippen LogP contribution is 2.27. The Morgan fingerprint density at radius 2 is 2.17 bits per heavy atom. The fraction of sp³-hybridized carbons (Fsp3) is 0.0769. The first-order chi connectivity index (χ1) is 8.84. The molecule has 90 valence electrons. The molecular weight excluding hydrogens is 230 g/mol. The van der Waals surface area contributed by atoms with Crippen molar-refractivity contribution in [2.45, 2.75) is 0 Å². The summed E-state index contributed by atoms with van der Waals surface area (Å²) >= 11 is 0. The summed E-state index contributed by atoms with van der Waals surface area (Å²) in [5.41, 5.74) is 1.34. The van der Waals surface area contributed by atoms with Crippen LogP contribution in [0.1, 0.15) is 5.82 Å². The highest BCUT2D eigenvalue weighted by Gasteiger charge is 2.14. The summed E-state index contributed by atoms with van der Waals surface area (Å²) in [6, 6.07) is 6.86. The number of hydrogen-bond donors (Lipinski definition) is 2. The van der Waals surface area contributed by atoms with Crippen LogP contribution in [0.3, 0.4) is 0 Å². The van der Waals surface area contributed by atoms with Crippen LogP contribution in [-0.2, 0) is 0 Å². The van der Waals surface area contributed by atoms with Crippen molar-refractivity contribution in [3.63, 3.8) is 0 Å². The predicted molar refractivity (Wildman–Crippen MR) is 66.5 cm³/mol. The second-order valence-electron chi connectivity index (χ2n) is 3.83. The van der Waals surface area contributed by atoms with E-state index in [0.29, 0.717) is 17.3 Å². The Morgan fingerprint density at radius 1 is 1.28 bits per heavy atom. The lowest BCUT2D eigenvalue weighted by molar-refractivity contribution is 0.422. The van der Waals surface area contributed by atoms with E-state index in [1.54, 1.807) is 24.3 Å². The number of aromatic nitrogens is 2. The minimum atomic E-state index is 0.123. The molecule has 0 aliphatic carbocycles. The van der Waals surface area contributed by atoms with Crippen molar-refractivity contribution in [2.24, 2.45) is 0 Å². The third kappa shape index (κ3) is 1.86. The van der Waals surface area contributed by atoms with Gasteiger partial charge in [-0.15, -0.1) is 0 Å². The zero-order valence-corrected chi connectivity index (χ0v) is 9.50. The highest BCUT2D eigenvalue weighted by atomic mass is 16.5. The molecule has 0 bridgehead atoms. The maximum absolute atomic E-state index is 9.71. The first-order valence-electron chi connectivity index (χ1n) is 5.58. The Kier molecular flexibility index (Phi) is 2.57. The molecule has 2 heterocycles. The Bertz CT molecular complexity index is 629. The summed E-state index contributed by atoms with van der Waals surface area (Å²) in [5.74, 6) is 0.913. The van der Waals surface area contributed by atoms with Crippen LogP contribution >= 0.6 is 0 Å². The van der Waals surface area contributed by atoms with Gasteiger partial charge in [-0.05, 0) is 18.2 Å². The van der Waals surface area contributed by atoms with Gasteiger partial charge in [0.1, 0.15) is 5.75 Å². The van der Waals surface area contributed by atoms with Crippen LogP contribution in [0.2, 0.25) is 0 Å². The molecule has 2 N–H and O–H groups in total. The molecule has 0 fully saturated rings. The molecule has 0 saturated heterocycles. The molecule has 2 aromatic rings. The van der Waals surface area contributed by atoms with Crippen molar-refractivity contribution in [1.82, 2.24) is 15.5 Å². The second kappa shape index (κ2) is 4.37. The molecule has 1 aromatic carbocycles. The number of nitrogens with one attached hydrogen (secondary N) is 1. The molecule has 0 unspecified atom stereocenters. The maximum Gasteiger partial charge on any atom is 0.262 e. The van der Waals surface area contributed by atoms with E-state index in [0.717, 1.165) is 12.2 Å². The van der Waals surface area contributed by atoms with Gasteiger partial charge < -0.3 is 14.9 Å². The standard InChI is InChI=1S/C13H11N3O2/c17-11-7-2-1-5-9(11)13-15-12(16-18-13)10-6-3-4-8-14-10/h1-7,14,17H,8H2. The summed E-state index contributed by atoms with van der Waals surface area (Å²) in [5, 5.41) is 16.8. The van der Waals surface area contributed by atoms with Crippen LogP contribution in [0.15, 0.2) is 47.0 Å². The number of phenolic OH excluding ortho intramolecular Hbond substituents is 1. The quantitative estimate of drug-likeness (QED) is 0.840. The van der Waals surface area contributed by atoms with Crippen LogP contribution < -0.4 is 5.32 Å². The Hall–Kier alpha value is -2.56.